The summed E-state index contributed by atoms with van der Waals surface area (Å²) in [5.41, 5.74) is 2.39. The smallest absolute Gasteiger partial charge is 0.262 e. The maximum atomic E-state index is 12.9. The summed E-state index contributed by atoms with van der Waals surface area (Å²) in [4.78, 5) is 12.4. The number of hydrogen-bond donors (Lipinski definition) is 1. The van der Waals surface area contributed by atoms with E-state index in [1.165, 1.54) is 16.4 Å². The molecule has 7 nitrogen and oxygen atoms in total. The Morgan fingerprint density at radius 3 is 2.58 bits per heavy atom. The molecular formula is C22H27ClN2O5S. The summed E-state index contributed by atoms with van der Waals surface area (Å²) < 4.78 is 38.2. The van der Waals surface area contributed by atoms with Crippen molar-refractivity contribution in [1.29, 1.82) is 0 Å². The summed E-state index contributed by atoms with van der Waals surface area (Å²) in [6.07, 6.45) is 0. The summed E-state index contributed by atoms with van der Waals surface area (Å²) in [6.45, 7) is 7.07. The van der Waals surface area contributed by atoms with Gasteiger partial charge in [0.15, 0.2) is 6.61 Å². The van der Waals surface area contributed by atoms with Crippen molar-refractivity contribution in [2.24, 2.45) is 0 Å². The van der Waals surface area contributed by atoms with E-state index < -0.39 is 15.9 Å². The second-order valence-electron chi connectivity index (χ2n) is 7.69. The fourth-order valence-electron chi connectivity index (χ4n) is 3.29. The second-order valence-corrected chi connectivity index (χ2v) is 10.0. The lowest BCUT2D eigenvalue weighted by Crippen LogP contribution is -2.40. The van der Waals surface area contributed by atoms with E-state index in [9.17, 15) is 13.2 Å². The van der Waals surface area contributed by atoms with E-state index in [2.05, 4.69) is 19.2 Å². The summed E-state index contributed by atoms with van der Waals surface area (Å²) >= 11 is 6.17. The lowest BCUT2D eigenvalue weighted by atomic mass is 10.0. The van der Waals surface area contributed by atoms with Crippen LogP contribution in [0.25, 0.3) is 0 Å². The lowest BCUT2D eigenvalue weighted by Gasteiger charge is -2.26. The second kappa shape index (κ2) is 9.99. The molecule has 0 radical (unpaired) electrons. The number of aryl methyl sites for hydroxylation is 1. The van der Waals surface area contributed by atoms with Crippen LogP contribution in [0.15, 0.2) is 41.3 Å². The molecule has 2 aromatic rings. The molecule has 0 aliphatic carbocycles. The average molecular weight is 467 g/mol. The molecule has 0 bridgehead atoms. The number of carbonyl (C=O) groups is 1. The predicted molar refractivity (Wildman–Crippen MR) is 120 cm³/mol. The van der Waals surface area contributed by atoms with Crippen LogP contribution in [0.3, 0.4) is 0 Å². The van der Waals surface area contributed by atoms with Gasteiger partial charge in [-0.05, 0) is 48.2 Å². The van der Waals surface area contributed by atoms with Crippen LogP contribution < -0.4 is 10.1 Å². The third-order valence-corrected chi connectivity index (χ3v) is 7.33. The Hall–Kier alpha value is -2.13. The van der Waals surface area contributed by atoms with Gasteiger partial charge in [-0.25, -0.2) is 8.42 Å². The summed E-state index contributed by atoms with van der Waals surface area (Å²) in [6, 6.07) is 10.3. The minimum absolute atomic E-state index is 0.0458. The van der Waals surface area contributed by atoms with E-state index in [4.69, 9.17) is 21.1 Å². The third kappa shape index (κ3) is 5.77. The minimum Gasteiger partial charge on any atom is -0.483 e. The van der Waals surface area contributed by atoms with Crippen molar-refractivity contribution in [3.8, 4) is 5.75 Å². The standard InChI is InChI=1S/C22H27ClN2O5S/c1-15(2)18-6-4-16(3)12-20(18)30-14-22(26)24-17-5-7-19(23)21(13-17)31(27,28)25-8-10-29-11-9-25/h4-7,12-13,15H,8-11,14H2,1-3H3,(H,24,26). The molecule has 1 N–H and O–H groups in total. The number of nitrogens with zero attached hydrogens (tertiary/aromatic N) is 1. The first-order chi connectivity index (χ1) is 14.7. The number of sulfonamides is 1. The fraction of sp³-hybridized carbons (Fsp3) is 0.409. The van der Waals surface area contributed by atoms with E-state index in [1.54, 1.807) is 6.07 Å². The zero-order chi connectivity index (χ0) is 22.6. The van der Waals surface area contributed by atoms with Gasteiger partial charge in [0, 0.05) is 18.8 Å². The molecule has 0 aromatic heterocycles. The number of carbonyl (C=O) groups excluding carboxylic acids is 1. The van der Waals surface area contributed by atoms with E-state index >= 15 is 0 Å². The minimum atomic E-state index is -3.79. The zero-order valence-electron chi connectivity index (χ0n) is 17.9. The van der Waals surface area contributed by atoms with Crippen LogP contribution in [0.1, 0.15) is 30.9 Å². The number of benzene rings is 2. The van der Waals surface area contributed by atoms with E-state index in [0.717, 1.165) is 11.1 Å². The SMILES string of the molecule is Cc1ccc(C(C)C)c(OCC(=O)Nc2ccc(Cl)c(S(=O)(=O)N3CCOCC3)c2)c1. The van der Waals surface area contributed by atoms with Crippen LogP contribution in [-0.4, -0.2) is 51.5 Å². The van der Waals surface area contributed by atoms with Crippen molar-refractivity contribution in [2.45, 2.75) is 31.6 Å². The molecule has 9 heteroatoms. The number of rotatable bonds is 7. The van der Waals surface area contributed by atoms with Gasteiger partial charge in [-0.15, -0.1) is 0 Å². The molecule has 0 atom stereocenters. The Morgan fingerprint density at radius 1 is 1.19 bits per heavy atom. The van der Waals surface area contributed by atoms with Crippen molar-refractivity contribution >= 4 is 33.2 Å². The molecule has 2 aromatic carbocycles. The van der Waals surface area contributed by atoms with Crippen molar-refractivity contribution in [3.05, 3.63) is 52.5 Å². The quantitative estimate of drug-likeness (QED) is 0.670. The van der Waals surface area contributed by atoms with Crippen molar-refractivity contribution < 1.29 is 22.7 Å². The highest BCUT2D eigenvalue weighted by atomic mass is 35.5. The number of halogens is 1. The van der Waals surface area contributed by atoms with Gasteiger partial charge in [0.05, 0.1) is 18.2 Å². The molecule has 1 saturated heterocycles. The number of ether oxygens (including phenoxy) is 2. The largest absolute Gasteiger partial charge is 0.483 e. The van der Waals surface area contributed by atoms with Gasteiger partial charge in [0.1, 0.15) is 10.6 Å². The Morgan fingerprint density at radius 2 is 1.90 bits per heavy atom. The maximum Gasteiger partial charge on any atom is 0.262 e. The van der Waals surface area contributed by atoms with Crippen molar-refractivity contribution in [3.63, 3.8) is 0 Å². The lowest BCUT2D eigenvalue weighted by molar-refractivity contribution is -0.118. The third-order valence-electron chi connectivity index (χ3n) is 4.95. The first-order valence-electron chi connectivity index (χ1n) is 10.1. The molecule has 1 aliphatic rings. The average Bonchev–Trinajstić information content (AvgIpc) is 2.74. The van der Waals surface area contributed by atoms with Gasteiger partial charge in [0.2, 0.25) is 10.0 Å². The van der Waals surface area contributed by atoms with Crippen LogP contribution in [0.5, 0.6) is 5.75 Å². The molecule has 1 aliphatic heterocycles. The summed E-state index contributed by atoms with van der Waals surface area (Å²) in [7, 11) is -3.79. The monoisotopic (exact) mass is 466 g/mol. The predicted octanol–water partition coefficient (Wildman–Crippen LogP) is 3.81. The molecule has 1 fully saturated rings. The molecule has 1 amide bonds. The van der Waals surface area contributed by atoms with Gasteiger partial charge in [-0.1, -0.05) is 37.6 Å². The molecule has 1 heterocycles. The Kier molecular flexibility index (Phi) is 7.59. The molecule has 0 spiro atoms. The Labute approximate surface area is 188 Å². The molecule has 31 heavy (non-hydrogen) atoms. The zero-order valence-corrected chi connectivity index (χ0v) is 19.4. The van der Waals surface area contributed by atoms with E-state index in [0.29, 0.717) is 24.7 Å². The molecule has 3 rings (SSSR count). The normalized spacial score (nSPS) is 15.1. The van der Waals surface area contributed by atoms with Gasteiger partial charge in [0.25, 0.3) is 5.91 Å². The number of amides is 1. The van der Waals surface area contributed by atoms with Crippen LogP contribution in [0, 0.1) is 6.92 Å². The van der Waals surface area contributed by atoms with Crippen LogP contribution >= 0.6 is 11.6 Å². The first kappa shape index (κ1) is 23.5. The highest BCUT2D eigenvalue weighted by Gasteiger charge is 2.28. The van der Waals surface area contributed by atoms with Crippen LogP contribution in [0.2, 0.25) is 5.02 Å². The van der Waals surface area contributed by atoms with Gasteiger partial charge >= 0.3 is 0 Å². The molecule has 0 saturated carbocycles. The fourth-order valence-corrected chi connectivity index (χ4v) is 5.20. The van der Waals surface area contributed by atoms with Gasteiger partial charge < -0.3 is 14.8 Å². The molecule has 168 valence electrons. The van der Waals surface area contributed by atoms with E-state index in [1.807, 2.05) is 25.1 Å². The Balaban J connectivity index is 1.71. The molecule has 0 unspecified atom stereocenters. The van der Waals surface area contributed by atoms with Crippen molar-refractivity contribution in [1.82, 2.24) is 4.31 Å². The van der Waals surface area contributed by atoms with Gasteiger partial charge in [-0.2, -0.15) is 4.31 Å². The maximum absolute atomic E-state index is 12.9. The topological polar surface area (TPSA) is 84.9 Å². The highest BCUT2D eigenvalue weighted by molar-refractivity contribution is 7.89. The summed E-state index contributed by atoms with van der Waals surface area (Å²) in [5.74, 6) is 0.521. The van der Waals surface area contributed by atoms with E-state index in [-0.39, 0.29) is 35.5 Å². The number of hydrogen-bond acceptors (Lipinski definition) is 5. The van der Waals surface area contributed by atoms with Gasteiger partial charge in [-0.3, -0.25) is 4.79 Å². The highest BCUT2D eigenvalue weighted by Crippen LogP contribution is 2.29. The summed E-state index contributed by atoms with van der Waals surface area (Å²) in [5, 5.41) is 2.79. The number of nitrogens with one attached hydrogen (secondary N) is 1. The van der Waals surface area contributed by atoms with Crippen LogP contribution in [-0.2, 0) is 19.6 Å². The van der Waals surface area contributed by atoms with Crippen molar-refractivity contribution in [2.75, 3.05) is 38.2 Å². The van der Waals surface area contributed by atoms with Crippen LogP contribution in [0.4, 0.5) is 5.69 Å². The molecular weight excluding hydrogens is 440 g/mol. The first-order valence-corrected chi connectivity index (χ1v) is 11.9. The number of anilines is 1. The Bertz CT molecular complexity index is 1050. The number of morpholine rings is 1.